The molecular weight excluding hydrogens is 438 g/mol. The molecule has 0 saturated carbocycles. The van der Waals surface area contributed by atoms with Crippen LogP contribution in [0.4, 0.5) is 0 Å². The lowest BCUT2D eigenvalue weighted by atomic mass is 10.0. The van der Waals surface area contributed by atoms with Crippen molar-refractivity contribution in [1.82, 2.24) is 20.7 Å². The Morgan fingerprint density at radius 2 is 1.82 bits per heavy atom. The Morgan fingerprint density at radius 3 is 2.55 bits per heavy atom. The number of hydrogen-bond donors (Lipinski definition) is 2. The Labute approximate surface area is 195 Å². The lowest BCUT2D eigenvalue weighted by Gasteiger charge is -2.31. The summed E-state index contributed by atoms with van der Waals surface area (Å²) in [7, 11) is 0.243. The normalized spacial score (nSPS) is 15.3. The van der Waals surface area contributed by atoms with Crippen LogP contribution >= 0.6 is 0 Å². The average Bonchev–Trinajstić information content (AvgIpc) is 2.82. The highest BCUT2D eigenvalue weighted by molar-refractivity contribution is 7.86. The lowest BCUT2D eigenvalue weighted by molar-refractivity contribution is -0.714. The molecule has 0 spiro atoms. The zero-order chi connectivity index (χ0) is 23.4. The maximum absolute atomic E-state index is 12.7. The lowest BCUT2D eigenvalue weighted by Crippen LogP contribution is -2.52. The van der Waals surface area contributed by atoms with E-state index in [9.17, 15) is 8.42 Å². The third-order valence-corrected chi connectivity index (χ3v) is 6.46. The molecule has 33 heavy (non-hydrogen) atoms. The van der Waals surface area contributed by atoms with E-state index in [0.29, 0.717) is 18.2 Å². The van der Waals surface area contributed by atoms with Crippen molar-refractivity contribution in [3.63, 3.8) is 0 Å². The maximum atomic E-state index is 12.7. The van der Waals surface area contributed by atoms with E-state index < -0.39 is 10.1 Å². The van der Waals surface area contributed by atoms with Gasteiger partial charge < -0.3 is 10.2 Å². The van der Waals surface area contributed by atoms with Crippen molar-refractivity contribution in [1.29, 1.82) is 0 Å². The second kappa shape index (κ2) is 9.68. The van der Waals surface area contributed by atoms with Gasteiger partial charge in [-0.15, -0.1) is 0 Å². The minimum absolute atomic E-state index is 0.143. The van der Waals surface area contributed by atoms with E-state index >= 15 is 0 Å². The standard InChI is InChI=1S/C24H30N5O3S/c1-4-33(30,31)32-29-23(25-16-10-17-27(2)3)22(20-12-6-5-7-13-20)26-28-18-15-19-11-8-9-14-21(19)24(28)29/h5-9,11-15,18,25-26H,4,10,16-17H2,1-3H3/q+1. The predicted octanol–water partition coefficient (Wildman–Crippen LogP) is 2.40. The first kappa shape index (κ1) is 22.9. The van der Waals surface area contributed by atoms with E-state index in [4.69, 9.17) is 4.28 Å². The Bertz CT molecular complexity index is 1200. The molecule has 0 bridgehead atoms. The summed E-state index contributed by atoms with van der Waals surface area (Å²) in [4.78, 5) is 2.11. The highest BCUT2D eigenvalue weighted by Crippen LogP contribution is 2.27. The van der Waals surface area contributed by atoms with Gasteiger partial charge in [0.25, 0.3) is 11.7 Å². The smallest absolute Gasteiger partial charge is 0.309 e. The minimum Gasteiger partial charge on any atom is -0.309 e. The van der Waals surface area contributed by atoms with Crippen LogP contribution in [0.1, 0.15) is 30.0 Å². The number of amidine groups is 1. The zero-order valence-corrected chi connectivity index (χ0v) is 20.0. The van der Waals surface area contributed by atoms with Gasteiger partial charge in [0.15, 0.2) is 5.70 Å². The molecule has 0 unspecified atom stereocenters. The molecule has 0 amide bonds. The van der Waals surface area contributed by atoms with Gasteiger partial charge in [-0.3, -0.25) is 0 Å². The molecule has 2 aliphatic heterocycles. The number of nitrogens with one attached hydrogen (secondary N) is 2. The molecule has 2 aromatic rings. The van der Waals surface area contributed by atoms with E-state index in [-0.39, 0.29) is 5.75 Å². The van der Waals surface area contributed by atoms with Gasteiger partial charge in [0, 0.05) is 12.1 Å². The second-order valence-corrected chi connectivity index (χ2v) is 9.94. The molecule has 174 valence electrons. The fourth-order valence-electron chi connectivity index (χ4n) is 3.69. The van der Waals surface area contributed by atoms with Gasteiger partial charge in [-0.25, -0.2) is 9.71 Å². The molecule has 0 radical (unpaired) electrons. The average molecular weight is 469 g/mol. The van der Waals surface area contributed by atoms with Crippen LogP contribution in [0, 0.1) is 0 Å². The fourth-order valence-corrected chi connectivity index (χ4v) is 4.16. The summed E-state index contributed by atoms with van der Waals surface area (Å²) in [5.74, 6) is 0.990. The molecule has 0 aromatic heterocycles. The predicted molar refractivity (Wildman–Crippen MR) is 130 cm³/mol. The minimum atomic E-state index is -3.81. The van der Waals surface area contributed by atoms with E-state index in [1.54, 1.807) is 11.9 Å². The van der Waals surface area contributed by atoms with Crippen LogP contribution < -0.4 is 10.7 Å². The number of hydrogen-bond acceptors (Lipinski definition) is 7. The third-order valence-electron chi connectivity index (χ3n) is 5.38. The quantitative estimate of drug-likeness (QED) is 0.432. The Hall–Kier alpha value is -3.30. The number of nitrogens with zero attached hydrogens (tertiary/aromatic N) is 3. The van der Waals surface area contributed by atoms with Crippen molar-refractivity contribution in [3.05, 3.63) is 83.3 Å². The van der Waals surface area contributed by atoms with Crippen molar-refractivity contribution in [2.24, 2.45) is 0 Å². The van der Waals surface area contributed by atoms with E-state index in [2.05, 4.69) is 15.6 Å². The van der Waals surface area contributed by atoms with E-state index in [0.717, 1.165) is 35.4 Å². The zero-order valence-electron chi connectivity index (χ0n) is 19.2. The Balaban J connectivity index is 1.89. The molecule has 4 rings (SSSR count). The first-order valence-corrected chi connectivity index (χ1v) is 12.6. The van der Waals surface area contributed by atoms with Gasteiger partial charge in [0.05, 0.1) is 24.1 Å². The van der Waals surface area contributed by atoms with Crippen molar-refractivity contribution in [2.75, 3.05) is 32.9 Å². The van der Waals surface area contributed by atoms with Crippen LogP contribution in [0.5, 0.6) is 0 Å². The van der Waals surface area contributed by atoms with Crippen molar-refractivity contribution in [3.8, 4) is 0 Å². The van der Waals surface area contributed by atoms with Crippen LogP contribution in [-0.2, 0) is 14.4 Å². The van der Waals surface area contributed by atoms with Gasteiger partial charge >= 0.3 is 10.1 Å². The molecule has 0 aliphatic carbocycles. The second-order valence-electron chi connectivity index (χ2n) is 8.10. The molecule has 0 saturated heterocycles. The highest BCUT2D eigenvalue weighted by Gasteiger charge is 2.39. The summed E-state index contributed by atoms with van der Waals surface area (Å²) in [6.45, 7) is 3.11. The monoisotopic (exact) mass is 468 g/mol. The van der Waals surface area contributed by atoms with Crippen molar-refractivity contribution in [2.45, 2.75) is 13.3 Å². The van der Waals surface area contributed by atoms with Gasteiger partial charge in [-0.05, 0) is 49.9 Å². The van der Waals surface area contributed by atoms with Gasteiger partial charge in [-0.1, -0.05) is 48.5 Å². The number of rotatable bonds is 9. The summed E-state index contributed by atoms with van der Waals surface area (Å²) in [6.07, 6.45) is 4.73. The van der Waals surface area contributed by atoms with Gasteiger partial charge in [0.2, 0.25) is 0 Å². The highest BCUT2D eigenvalue weighted by atomic mass is 32.2. The van der Waals surface area contributed by atoms with Crippen molar-refractivity contribution < 1.29 is 17.4 Å². The Morgan fingerprint density at radius 1 is 1.09 bits per heavy atom. The topological polar surface area (TPSA) is 76.9 Å². The summed E-state index contributed by atoms with van der Waals surface area (Å²) in [5, 5.41) is 5.23. The third kappa shape index (κ3) is 5.04. The van der Waals surface area contributed by atoms with Crippen LogP contribution in [0.3, 0.4) is 0 Å². The van der Waals surface area contributed by atoms with Crippen LogP contribution in [0.15, 0.2) is 66.6 Å². The molecule has 2 aliphatic rings. The van der Waals surface area contributed by atoms with Crippen molar-refractivity contribution >= 4 is 27.7 Å². The molecule has 2 N–H and O–H groups in total. The van der Waals surface area contributed by atoms with Crippen LogP contribution in [-0.4, -0.2) is 61.8 Å². The maximum Gasteiger partial charge on any atom is 0.340 e. The summed E-state index contributed by atoms with van der Waals surface area (Å²) < 4.78 is 32.5. The molecule has 8 nitrogen and oxygen atoms in total. The van der Waals surface area contributed by atoms with Crippen LogP contribution in [0.25, 0.3) is 11.8 Å². The first-order valence-electron chi connectivity index (χ1n) is 11.0. The molecule has 0 fully saturated rings. The number of benzene rings is 2. The molecule has 2 heterocycles. The van der Waals surface area contributed by atoms with Gasteiger partial charge in [-0.2, -0.15) is 13.4 Å². The molecular formula is C24H30N5O3S+. The Kier molecular flexibility index (Phi) is 6.71. The first-order chi connectivity index (χ1) is 15.9. The largest absolute Gasteiger partial charge is 0.340 e. The number of fused-ring (bicyclic) bond motifs is 3. The fraction of sp³-hybridized carbons (Fsp3) is 0.292. The SMILES string of the molecule is CCS(=O)(=O)O[N+]1=C2c3ccccc3C=CN2NC(c2ccccc2)=C1NCCCN(C)C. The number of hydrazine groups is 1. The molecule has 2 aromatic carbocycles. The molecule has 0 atom stereocenters. The van der Waals surface area contributed by atoms with E-state index in [1.807, 2.05) is 81.0 Å². The summed E-state index contributed by atoms with van der Waals surface area (Å²) in [6, 6.07) is 17.6. The van der Waals surface area contributed by atoms with Crippen LogP contribution in [0.2, 0.25) is 0 Å². The molecule has 9 heteroatoms. The van der Waals surface area contributed by atoms with Gasteiger partial charge in [0.1, 0.15) is 0 Å². The van der Waals surface area contributed by atoms with E-state index in [1.165, 1.54) is 4.74 Å². The number of hydroxylamine groups is 1. The summed E-state index contributed by atoms with van der Waals surface area (Å²) in [5.41, 5.74) is 6.91. The summed E-state index contributed by atoms with van der Waals surface area (Å²) >= 11 is 0.